The van der Waals surface area contributed by atoms with Crippen LogP contribution >= 0.6 is 0 Å². The Morgan fingerprint density at radius 2 is 2.29 bits per heavy atom. The Morgan fingerprint density at radius 1 is 1.48 bits per heavy atom. The summed E-state index contributed by atoms with van der Waals surface area (Å²) in [5.41, 5.74) is 6.15. The van der Waals surface area contributed by atoms with E-state index in [-0.39, 0.29) is 24.3 Å². The summed E-state index contributed by atoms with van der Waals surface area (Å²) in [6, 6.07) is 3.31. The number of amides is 1. The molecule has 0 bridgehead atoms. The van der Waals surface area contributed by atoms with Crippen LogP contribution in [0.1, 0.15) is 32.2 Å². The molecule has 7 nitrogen and oxygen atoms in total. The number of rotatable bonds is 6. The summed E-state index contributed by atoms with van der Waals surface area (Å²) in [5, 5.41) is 6.81. The fraction of sp³-hybridized carbons (Fsp3) is 0.429. The standard InChI is InChI=1S/C14H19N5O2/c1-9(2)12(17-11(20)5-6-15)14-18-13(19-21-14)10-4-3-7-16-8-10/h3-4,7-9,12H,5-6,15H2,1-2H3,(H,17,20). The van der Waals surface area contributed by atoms with E-state index in [0.717, 1.165) is 5.56 Å². The molecule has 0 aliphatic rings. The number of carbonyl (C=O) groups is 1. The molecule has 0 aromatic carbocycles. The molecule has 0 saturated heterocycles. The highest BCUT2D eigenvalue weighted by molar-refractivity contribution is 5.76. The van der Waals surface area contributed by atoms with Crippen LogP contribution in [0.2, 0.25) is 0 Å². The van der Waals surface area contributed by atoms with Gasteiger partial charge in [0.05, 0.1) is 0 Å². The van der Waals surface area contributed by atoms with Gasteiger partial charge in [-0.3, -0.25) is 9.78 Å². The van der Waals surface area contributed by atoms with Gasteiger partial charge in [-0.15, -0.1) is 0 Å². The third-order valence-electron chi connectivity index (χ3n) is 2.98. The Hall–Kier alpha value is -2.28. The normalized spacial score (nSPS) is 12.4. The van der Waals surface area contributed by atoms with E-state index < -0.39 is 0 Å². The van der Waals surface area contributed by atoms with Crippen LogP contribution in [0, 0.1) is 5.92 Å². The van der Waals surface area contributed by atoms with Crippen LogP contribution < -0.4 is 11.1 Å². The molecule has 2 heterocycles. The zero-order chi connectivity index (χ0) is 15.2. The molecular weight excluding hydrogens is 270 g/mol. The molecule has 0 fully saturated rings. The van der Waals surface area contributed by atoms with E-state index in [9.17, 15) is 4.79 Å². The van der Waals surface area contributed by atoms with E-state index in [4.69, 9.17) is 10.3 Å². The molecule has 0 spiro atoms. The largest absolute Gasteiger partial charge is 0.344 e. The Balaban J connectivity index is 2.18. The number of pyridine rings is 1. The molecule has 3 N–H and O–H groups in total. The SMILES string of the molecule is CC(C)C(NC(=O)CCN)c1nc(-c2cccnc2)no1. The fourth-order valence-corrected chi connectivity index (χ4v) is 1.86. The Labute approximate surface area is 122 Å². The Bertz CT molecular complexity index is 582. The second-order valence-corrected chi connectivity index (χ2v) is 5.03. The average molecular weight is 289 g/mol. The lowest BCUT2D eigenvalue weighted by Gasteiger charge is -2.18. The topological polar surface area (TPSA) is 107 Å². The third kappa shape index (κ3) is 3.85. The molecule has 112 valence electrons. The van der Waals surface area contributed by atoms with E-state index in [2.05, 4.69) is 20.4 Å². The number of nitrogens with one attached hydrogen (secondary N) is 1. The summed E-state index contributed by atoms with van der Waals surface area (Å²) in [7, 11) is 0. The van der Waals surface area contributed by atoms with Crippen molar-refractivity contribution >= 4 is 5.91 Å². The fourth-order valence-electron chi connectivity index (χ4n) is 1.86. The van der Waals surface area contributed by atoms with Crippen LogP contribution in [0.15, 0.2) is 29.0 Å². The third-order valence-corrected chi connectivity index (χ3v) is 2.98. The smallest absolute Gasteiger partial charge is 0.249 e. The van der Waals surface area contributed by atoms with Crippen molar-refractivity contribution in [2.24, 2.45) is 11.7 Å². The molecule has 0 aliphatic carbocycles. The van der Waals surface area contributed by atoms with Crippen molar-refractivity contribution in [3.63, 3.8) is 0 Å². The molecule has 0 saturated carbocycles. The van der Waals surface area contributed by atoms with Crippen molar-refractivity contribution in [3.8, 4) is 11.4 Å². The predicted molar refractivity (Wildman–Crippen MR) is 76.9 cm³/mol. The van der Waals surface area contributed by atoms with Crippen molar-refractivity contribution in [2.75, 3.05) is 6.54 Å². The van der Waals surface area contributed by atoms with Gasteiger partial charge in [0.1, 0.15) is 6.04 Å². The van der Waals surface area contributed by atoms with Crippen LogP contribution in [0.5, 0.6) is 0 Å². The van der Waals surface area contributed by atoms with Gasteiger partial charge in [-0.1, -0.05) is 19.0 Å². The van der Waals surface area contributed by atoms with E-state index in [1.54, 1.807) is 18.5 Å². The second-order valence-electron chi connectivity index (χ2n) is 5.03. The molecule has 2 aromatic rings. The first kappa shape index (κ1) is 15.1. The summed E-state index contributed by atoms with van der Waals surface area (Å²) in [6.07, 6.45) is 3.60. The molecule has 0 radical (unpaired) electrons. The van der Waals surface area contributed by atoms with Crippen LogP contribution in [0.3, 0.4) is 0 Å². The number of nitrogens with zero attached hydrogens (tertiary/aromatic N) is 3. The number of carbonyl (C=O) groups excluding carboxylic acids is 1. The number of nitrogens with two attached hydrogens (primary N) is 1. The number of hydrogen-bond acceptors (Lipinski definition) is 6. The molecule has 1 amide bonds. The molecule has 7 heteroatoms. The second kappa shape index (κ2) is 6.94. The van der Waals surface area contributed by atoms with E-state index in [0.29, 0.717) is 18.3 Å². The van der Waals surface area contributed by atoms with Gasteiger partial charge in [-0.2, -0.15) is 4.98 Å². The van der Waals surface area contributed by atoms with E-state index >= 15 is 0 Å². The number of hydrogen-bond donors (Lipinski definition) is 2. The summed E-state index contributed by atoms with van der Waals surface area (Å²) < 4.78 is 5.29. The molecular formula is C14H19N5O2. The van der Waals surface area contributed by atoms with Gasteiger partial charge < -0.3 is 15.6 Å². The van der Waals surface area contributed by atoms with Gasteiger partial charge in [0, 0.05) is 30.9 Å². The van der Waals surface area contributed by atoms with Crippen LogP contribution in [-0.2, 0) is 4.79 Å². The lowest BCUT2D eigenvalue weighted by atomic mass is 10.0. The van der Waals surface area contributed by atoms with Crippen molar-refractivity contribution in [1.82, 2.24) is 20.4 Å². The zero-order valence-electron chi connectivity index (χ0n) is 12.1. The van der Waals surface area contributed by atoms with Crippen molar-refractivity contribution in [2.45, 2.75) is 26.3 Å². The average Bonchev–Trinajstić information content (AvgIpc) is 2.95. The Morgan fingerprint density at radius 3 is 2.90 bits per heavy atom. The Kier molecular flexibility index (Phi) is 4.99. The molecule has 2 aromatic heterocycles. The molecule has 21 heavy (non-hydrogen) atoms. The van der Waals surface area contributed by atoms with Gasteiger partial charge in [-0.05, 0) is 18.1 Å². The van der Waals surface area contributed by atoms with Crippen LogP contribution in [0.4, 0.5) is 0 Å². The first-order chi connectivity index (χ1) is 10.1. The molecule has 0 aliphatic heterocycles. The minimum atomic E-state index is -0.332. The van der Waals surface area contributed by atoms with E-state index in [1.165, 1.54) is 0 Å². The van der Waals surface area contributed by atoms with Gasteiger partial charge in [0.2, 0.25) is 17.6 Å². The maximum atomic E-state index is 11.7. The van der Waals surface area contributed by atoms with E-state index in [1.807, 2.05) is 19.9 Å². The summed E-state index contributed by atoms with van der Waals surface area (Å²) in [6.45, 7) is 4.25. The van der Waals surface area contributed by atoms with Crippen molar-refractivity contribution in [1.29, 1.82) is 0 Å². The highest BCUT2D eigenvalue weighted by Crippen LogP contribution is 2.23. The van der Waals surface area contributed by atoms with Gasteiger partial charge >= 0.3 is 0 Å². The predicted octanol–water partition coefficient (Wildman–Crippen LogP) is 1.29. The van der Waals surface area contributed by atoms with Crippen molar-refractivity contribution < 1.29 is 9.32 Å². The molecule has 1 unspecified atom stereocenters. The zero-order valence-corrected chi connectivity index (χ0v) is 12.1. The first-order valence-corrected chi connectivity index (χ1v) is 6.85. The summed E-state index contributed by atoms with van der Waals surface area (Å²) in [4.78, 5) is 20.1. The monoisotopic (exact) mass is 289 g/mol. The molecule has 2 rings (SSSR count). The minimum Gasteiger partial charge on any atom is -0.344 e. The number of aromatic nitrogens is 3. The highest BCUT2D eigenvalue weighted by atomic mass is 16.5. The molecule has 1 atom stereocenters. The lowest BCUT2D eigenvalue weighted by Crippen LogP contribution is -2.33. The first-order valence-electron chi connectivity index (χ1n) is 6.85. The lowest BCUT2D eigenvalue weighted by molar-refractivity contribution is -0.122. The summed E-state index contributed by atoms with van der Waals surface area (Å²) >= 11 is 0. The van der Waals surface area contributed by atoms with Crippen molar-refractivity contribution in [3.05, 3.63) is 30.4 Å². The van der Waals surface area contributed by atoms with Gasteiger partial charge in [-0.25, -0.2) is 0 Å². The maximum absolute atomic E-state index is 11.7. The maximum Gasteiger partial charge on any atom is 0.249 e. The summed E-state index contributed by atoms with van der Waals surface area (Å²) in [5.74, 6) is 0.831. The quantitative estimate of drug-likeness (QED) is 0.830. The van der Waals surface area contributed by atoms with Crippen LogP contribution in [0.25, 0.3) is 11.4 Å². The minimum absolute atomic E-state index is 0.119. The van der Waals surface area contributed by atoms with Gasteiger partial charge in [0.15, 0.2) is 0 Å². The van der Waals surface area contributed by atoms with Crippen LogP contribution in [-0.4, -0.2) is 27.6 Å². The highest BCUT2D eigenvalue weighted by Gasteiger charge is 2.24. The van der Waals surface area contributed by atoms with Gasteiger partial charge in [0.25, 0.3) is 0 Å².